The minimum Gasteiger partial charge on any atom is -0.497 e. The topological polar surface area (TPSA) is 155 Å². The number of rotatable bonds is 11. The van der Waals surface area contributed by atoms with Crippen LogP contribution in [0.4, 0.5) is 0 Å². The minimum absolute atomic E-state index is 0.0419. The van der Waals surface area contributed by atoms with Gasteiger partial charge in [0.25, 0.3) is 0 Å². The van der Waals surface area contributed by atoms with E-state index in [2.05, 4.69) is 5.32 Å². The Morgan fingerprint density at radius 1 is 1.15 bits per heavy atom. The lowest BCUT2D eigenvalue weighted by molar-refractivity contribution is -0.157. The maximum Gasteiger partial charge on any atom is 0.312 e. The largest absolute Gasteiger partial charge is 0.497 e. The van der Waals surface area contributed by atoms with Gasteiger partial charge in [0.05, 0.1) is 25.7 Å². The Kier molecular flexibility index (Phi) is 7.72. The molecule has 0 saturated carbocycles. The molecule has 0 spiro atoms. The lowest BCUT2D eigenvalue weighted by Crippen LogP contribution is -2.60. The molecule has 2 aromatic carbocycles. The number of aliphatic carboxylic acids is 1. The first-order valence-electron chi connectivity index (χ1n) is 10.8. The van der Waals surface area contributed by atoms with Gasteiger partial charge in [-0.1, -0.05) is 12.1 Å². The number of nitrogens with zero attached hydrogens (tertiary/aromatic N) is 1. The van der Waals surface area contributed by atoms with Crippen LogP contribution in [-0.2, 0) is 19.9 Å². The predicted octanol–water partition coefficient (Wildman–Crippen LogP) is 1.47. The van der Waals surface area contributed by atoms with E-state index in [0.29, 0.717) is 29.0 Å². The van der Waals surface area contributed by atoms with E-state index in [-0.39, 0.29) is 38.4 Å². The van der Waals surface area contributed by atoms with Crippen LogP contribution in [0.25, 0.3) is 0 Å². The van der Waals surface area contributed by atoms with E-state index in [1.54, 1.807) is 48.5 Å². The van der Waals surface area contributed by atoms with Crippen molar-refractivity contribution in [2.24, 2.45) is 5.73 Å². The fraction of sp³-hybridized carbons (Fsp3) is 0.333. The Bertz CT molecular complexity index is 1050. The summed E-state index contributed by atoms with van der Waals surface area (Å²) < 4.78 is 11.0. The van der Waals surface area contributed by atoms with Crippen LogP contribution >= 0.6 is 0 Å². The molecule has 1 fully saturated rings. The number of benzene rings is 2. The SMILES string of the molecule is COc1ccc(C(CCCOc2ccc(C(=N)N)cc2)(CC(=O)O)N2CCNC(=O)C2=O)cc1. The number of amides is 2. The summed E-state index contributed by atoms with van der Waals surface area (Å²) in [6.07, 6.45) is 0.307. The molecule has 34 heavy (non-hydrogen) atoms. The molecule has 1 unspecified atom stereocenters. The standard InChI is InChI=1S/C24H28N4O6/c1-33-18-9-5-17(6-10-18)24(15-20(29)30,28-13-12-27-22(31)23(28)32)11-2-14-34-19-7-3-16(4-8-19)21(25)26/h3-10H,2,11-15H2,1H3,(H3,25,26)(H,27,31)(H,29,30). The van der Waals surface area contributed by atoms with Gasteiger partial charge >= 0.3 is 17.8 Å². The van der Waals surface area contributed by atoms with Crippen LogP contribution in [0, 0.1) is 5.41 Å². The highest BCUT2D eigenvalue weighted by Crippen LogP contribution is 2.38. The highest BCUT2D eigenvalue weighted by atomic mass is 16.5. The molecule has 10 heteroatoms. The first-order valence-corrected chi connectivity index (χ1v) is 10.8. The number of piperazine rings is 1. The summed E-state index contributed by atoms with van der Waals surface area (Å²) in [5.41, 5.74) is 5.40. The summed E-state index contributed by atoms with van der Waals surface area (Å²) in [7, 11) is 1.53. The molecule has 1 heterocycles. The Balaban J connectivity index is 1.86. The van der Waals surface area contributed by atoms with Gasteiger partial charge in [0.15, 0.2) is 0 Å². The Hall–Kier alpha value is -4.08. The zero-order chi connectivity index (χ0) is 24.7. The number of carbonyl (C=O) groups excluding carboxylic acids is 2. The molecular weight excluding hydrogens is 440 g/mol. The van der Waals surface area contributed by atoms with Crippen LogP contribution in [0.3, 0.4) is 0 Å². The molecule has 3 rings (SSSR count). The van der Waals surface area contributed by atoms with Gasteiger partial charge in [0, 0.05) is 18.7 Å². The summed E-state index contributed by atoms with van der Waals surface area (Å²) in [4.78, 5) is 38.3. The maximum atomic E-state index is 12.8. The first kappa shape index (κ1) is 24.6. The van der Waals surface area contributed by atoms with Crippen molar-refractivity contribution in [3.05, 3.63) is 59.7 Å². The third kappa shape index (κ3) is 5.45. The third-order valence-electron chi connectivity index (χ3n) is 5.82. The molecule has 1 atom stereocenters. The molecule has 0 aliphatic carbocycles. The summed E-state index contributed by atoms with van der Waals surface area (Å²) in [5, 5.41) is 19.7. The molecule has 5 N–H and O–H groups in total. The van der Waals surface area contributed by atoms with Gasteiger partial charge in [0.1, 0.15) is 17.3 Å². The van der Waals surface area contributed by atoms with Crippen molar-refractivity contribution < 1.29 is 29.0 Å². The van der Waals surface area contributed by atoms with Gasteiger partial charge in [0.2, 0.25) is 0 Å². The molecule has 0 radical (unpaired) electrons. The molecule has 10 nitrogen and oxygen atoms in total. The molecule has 2 amide bonds. The number of nitrogens with one attached hydrogen (secondary N) is 2. The summed E-state index contributed by atoms with van der Waals surface area (Å²) in [6.45, 7) is 0.684. The molecular formula is C24H28N4O6. The zero-order valence-corrected chi connectivity index (χ0v) is 18.9. The van der Waals surface area contributed by atoms with Crippen LogP contribution in [0.1, 0.15) is 30.4 Å². The second-order valence-electron chi connectivity index (χ2n) is 7.93. The number of hydrogen-bond acceptors (Lipinski definition) is 6. The number of hydrogen-bond donors (Lipinski definition) is 4. The van der Waals surface area contributed by atoms with Crippen LogP contribution in [0.2, 0.25) is 0 Å². The molecule has 2 aromatic rings. The van der Waals surface area contributed by atoms with Crippen molar-refractivity contribution in [3.8, 4) is 11.5 Å². The van der Waals surface area contributed by atoms with E-state index in [0.717, 1.165) is 0 Å². The predicted molar refractivity (Wildman–Crippen MR) is 124 cm³/mol. The molecule has 1 aliphatic rings. The van der Waals surface area contributed by atoms with E-state index in [1.807, 2.05) is 0 Å². The van der Waals surface area contributed by atoms with Crippen molar-refractivity contribution in [3.63, 3.8) is 0 Å². The number of carbonyl (C=O) groups is 3. The number of nitrogens with two attached hydrogens (primary N) is 1. The Labute approximate surface area is 197 Å². The number of methoxy groups -OCH3 is 1. The van der Waals surface area contributed by atoms with Crippen molar-refractivity contribution >= 4 is 23.6 Å². The molecule has 180 valence electrons. The van der Waals surface area contributed by atoms with Gasteiger partial charge in [-0.3, -0.25) is 19.8 Å². The number of amidine groups is 1. The van der Waals surface area contributed by atoms with Crippen LogP contribution in [0.15, 0.2) is 48.5 Å². The molecule has 0 aromatic heterocycles. The fourth-order valence-corrected chi connectivity index (χ4v) is 4.15. The summed E-state index contributed by atoms with van der Waals surface area (Å²) in [5.74, 6) is -1.48. The Morgan fingerprint density at radius 2 is 1.79 bits per heavy atom. The minimum atomic E-state index is -1.24. The fourth-order valence-electron chi connectivity index (χ4n) is 4.15. The lowest BCUT2D eigenvalue weighted by atomic mass is 9.80. The average molecular weight is 469 g/mol. The number of carboxylic acid groups (broad SMARTS) is 1. The van der Waals surface area contributed by atoms with Gasteiger partial charge < -0.3 is 30.5 Å². The molecule has 1 aliphatic heterocycles. The highest BCUT2D eigenvalue weighted by Gasteiger charge is 2.46. The first-order chi connectivity index (χ1) is 16.3. The lowest BCUT2D eigenvalue weighted by Gasteiger charge is -2.45. The highest BCUT2D eigenvalue weighted by molar-refractivity contribution is 6.35. The third-order valence-corrected chi connectivity index (χ3v) is 5.82. The van der Waals surface area contributed by atoms with Crippen molar-refractivity contribution in [1.82, 2.24) is 10.2 Å². The number of nitrogen functional groups attached to an aromatic ring is 1. The second-order valence-corrected chi connectivity index (χ2v) is 7.93. The molecule has 0 bridgehead atoms. The van der Waals surface area contributed by atoms with E-state index in [9.17, 15) is 19.5 Å². The van der Waals surface area contributed by atoms with Crippen molar-refractivity contribution in [1.29, 1.82) is 5.41 Å². The number of carboxylic acids is 1. The quantitative estimate of drug-likeness (QED) is 0.168. The zero-order valence-electron chi connectivity index (χ0n) is 18.9. The number of ether oxygens (including phenoxy) is 2. The van der Waals surface area contributed by atoms with Gasteiger partial charge in [-0.2, -0.15) is 0 Å². The summed E-state index contributed by atoms with van der Waals surface area (Å²) in [6, 6.07) is 13.6. The van der Waals surface area contributed by atoms with E-state index >= 15 is 0 Å². The Morgan fingerprint density at radius 3 is 2.38 bits per heavy atom. The van der Waals surface area contributed by atoms with Gasteiger partial charge in [-0.25, -0.2) is 0 Å². The van der Waals surface area contributed by atoms with E-state index in [1.165, 1.54) is 12.0 Å². The van der Waals surface area contributed by atoms with Crippen LogP contribution in [-0.4, -0.2) is 60.4 Å². The monoisotopic (exact) mass is 468 g/mol. The normalized spacial score (nSPS) is 15.3. The van der Waals surface area contributed by atoms with E-state index < -0.39 is 23.3 Å². The average Bonchev–Trinajstić information content (AvgIpc) is 2.83. The smallest absolute Gasteiger partial charge is 0.312 e. The second kappa shape index (κ2) is 10.7. The van der Waals surface area contributed by atoms with Gasteiger partial charge in [-0.15, -0.1) is 0 Å². The molecule has 1 saturated heterocycles. The van der Waals surface area contributed by atoms with Crippen LogP contribution in [0.5, 0.6) is 11.5 Å². The van der Waals surface area contributed by atoms with Crippen molar-refractivity contribution in [2.45, 2.75) is 24.8 Å². The van der Waals surface area contributed by atoms with E-state index in [4.69, 9.17) is 20.6 Å². The van der Waals surface area contributed by atoms with Gasteiger partial charge in [-0.05, 0) is 54.8 Å². The summed E-state index contributed by atoms with van der Waals surface area (Å²) >= 11 is 0. The maximum absolute atomic E-state index is 12.8. The van der Waals surface area contributed by atoms with Crippen LogP contribution < -0.4 is 20.5 Å². The van der Waals surface area contributed by atoms with Crippen molar-refractivity contribution in [2.75, 3.05) is 26.8 Å².